The highest BCUT2D eigenvalue weighted by Gasteiger charge is 2.16. The highest BCUT2D eigenvalue weighted by molar-refractivity contribution is 8.05. The van der Waals surface area contributed by atoms with Gasteiger partial charge in [-0.15, -0.1) is 0 Å². The van der Waals surface area contributed by atoms with Crippen molar-refractivity contribution in [2.75, 3.05) is 5.88 Å². The molecule has 2 nitrogen and oxygen atoms in total. The molecule has 1 aliphatic rings. The van der Waals surface area contributed by atoms with Crippen LogP contribution < -0.4 is 5.32 Å². The SMILES string of the molecule is CC1NCSN1[S]. The molecule has 1 fully saturated rings. The van der Waals surface area contributed by atoms with Gasteiger partial charge < -0.3 is 0 Å². The molecule has 0 aliphatic carbocycles. The number of hydrogen-bond donors (Lipinski definition) is 1. The fourth-order valence-electron chi connectivity index (χ4n) is 0.408. The summed E-state index contributed by atoms with van der Waals surface area (Å²) in [5, 5.41) is 3.15. The summed E-state index contributed by atoms with van der Waals surface area (Å²) in [6, 6.07) is 0. The van der Waals surface area contributed by atoms with Crippen LogP contribution in [0.2, 0.25) is 0 Å². The third-order valence-corrected chi connectivity index (χ3v) is 2.39. The maximum absolute atomic E-state index is 4.86. The highest BCUT2D eigenvalue weighted by Crippen LogP contribution is 2.19. The summed E-state index contributed by atoms with van der Waals surface area (Å²) in [4.78, 5) is 0. The monoisotopic (exact) mass is 135 g/mol. The summed E-state index contributed by atoms with van der Waals surface area (Å²) in [5.41, 5.74) is 0. The van der Waals surface area contributed by atoms with Crippen molar-refractivity contribution in [3.05, 3.63) is 0 Å². The van der Waals surface area contributed by atoms with E-state index in [0.29, 0.717) is 6.17 Å². The van der Waals surface area contributed by atoms with Gasteiger partial charge in [0, 0.05) is 12.8 Å². The molecule has 0 saturated carbocycles. The number of nitrogens with zero attached hydrogens (tertiary/aromatic N) is 1. The van der Waals surface area contributed by atoms with Crippen molar-refractivity contribution in [3.8, 4) is 0 Å². The molecule has 0 aromatic rings. The molecule has 7 heavy (non-hydrogen) atoms. The molecule has 1 saturated heterocycles. The van der Waals surface area contributed by atoms with E-state index < -0.39 is 0 Å². The molecule has 1 rings (SSSR count). The second kappa shape index (κ2) is 2.26. The van der Waals surface area contributed by atoms with E-state index in [9.17, 15) is 0 Å². The lowest BCUT2D eigenvalue weighted by atomic mass is 10.6. The quantitative estimate of drug-likeness (QED) is 0.498. The van der Waals surface area contributed by atoms with E-state index in [2.05, 4.69) is 5.32 Å². The van der Waals surface area contributed by atoms with Crippen molar-refractivity contribution in [2.24, 2.45) is 0 Å². The molecule has 0 amide bonds. The first-order valence-corrected chi connectivity index (χ1v) is 3.44. The van der Waals surface area contributed by atoms with E-state index in [-0.39, 0.29) is 0 Å². The van der Waals surface area contributed by atoms with E-state index >= 15 is 0 Å². The number of hydrogen-bond acceptors (Lipinski definition) is 3. The highest BCUT2D eigenvalue weighted by atomic mass is 32.2. The zero-order valence-corrected chi connectivity index (χ0v) is 5.68. The first kappa shape index (κ1) is 5.75. The van der Waals surface area contributed by atoms with Gasteiger partial charge in [0.2, 0.25) is 0 Å². The molecule has 1 heterocycles. The Hall–Kier alpha value is 0.620. The van der Waals surface area contributed by atoms with Crippen LogP contribution in [0.4, 0.5) is 0 Å². The molecule has 0 aromatic heterocycles. The number of nitrogens with one attached hydrogen (secondary N) is 1. The zero-order chi connectivity index (χ0) is 5.28. The Morgan fingerprint density at radius 1 is 2.00 bits per heavy atom. The molecular weight excluding hydrogens is 128 g/mol. The van der Waals surface area contributed by atoms with Gasteiger partial charge in [-0.1, -0.05) is 11.9 Å². The Labute approximate surface area is 53.3 Å². The van der Waals surface area contributed by atoms with Crippen LogP contribution in [0, 0.1) is 0 Å². The lowest BCUT2D eigenvalue weighted by Crippen LogP contribution is -2.24. The summed E-state index contributed by atoms with van der Waals surface area (Å²) >= 11 is 6.50. The summed E-state index contributed by atoms with van der Waals surface area (Å²) in [7, 11) is 0. The molecule has 1 unspecified atom stereocenters. The van der Waals surface area contributed by atoms with Crippen LogP contribution in [0.15, 0.2) is 0 Å². The van der Waals surface area contributed by atoms with Crippen LogP contribution in [0.3, 0.4) is 0 Å². The molecule has 1 radical (unpaired) electrons. The standard InChI is InChI=1S/C3H7N2S2/c1-3-4-2-7-5(3)6/h3-4H,2H2,1H3. The molecule has 1 atom stereocenters. The molecule has 1 aliphatic heterocycles. The predicted octanol–water partition coefficient (Wildman–Crippen LogP) is 0.956. The fraction of sp³-hybridized carbons (Fsp3) is 1.00. The largest absolute Gasteiger partial charge is 0.290 e. The predicted molar refractivity (Wildman–Crippen MR) is 34.5 cm³/mol. The van der Waals surface area contributed by atoms with E-state index in [0.717, 1.165) is 5.88 Å². The minimum atomic E-state index is 0.375. The fourth-order valence-corrected chi connectivity index (χ4v) is 1.38. The summed E-state index contributed by atoms with van der Waals surface area (Å²) in [5.74, 6) is 0.963. The lowest BCUT2D eigenvalue weighted by Gasteiger charge is -2.06. The maximum Gasteiger partial charge on any atom is 0.0792 e. The van der Waals surface area contributed by atoms with Gasteiger partial charge in [-0.05, 0) is 6.92 Å². The molecule has 0 bridgehead atoms. The Balaban J connectivity index is 2.33. The molecule has 0 spiro atoms. The molecule has 1 N–H and O–H groups in total. The van der Waals surface area contributed by atoms with Crippen molar-refractivity contribution in [1.82, 2.24) is 9.03 Å². The van der Waals surface area contributed by atoms with E-state index in [1.165, 1.54) is 0 Å². The normalized spacial score (nSPS) is 34.3. The van der Waals surface area contributed by atoms with Crippen LogP contribution in [-0.2, 0) is 0 Å². The van der Waals surface area contributed by atoms with Crippen LogP contribution in [0.25, 0.3) is 0 Å². The summed E-state index contributed by atoms with van der Waals surface area (Å²) < 4.78 is 1.79. The van der Waals surface area contributed by atoms with Gasteiger partial charge in [0.1, 0.15) is 0 Å². The van der Waals surface area contributed by atoms with Gasteiger partial charge in [0.15, 0.2) is 0 Å². The van der Waals surface area contributed by atoms with E-state index in [4.69, 9.17) is 12.8 Å². The van der Waals surface area contributed by atoms with Gasteiger partial charge in [-0.25, -0.2) is 0 Å². The van der Waals surface area contributed by atoms with Gasteiger partial charge in [0.25, 0.3) is 0 Å². The molecule has 41 valence electrons. The average Bonchev–Trinajstić information content (AvgIpc) is 1.91. The first-order valence-electron chi connectivity index (χ1n) is 2.13. The van der Waals surface area contributed by atoms with Crippen molar-refractivity contribution < 1.29 is 0 Å². The Morgan fingerprint density at radius 2 is 2.71 bits per heavy atom. The zero-order valence-electron chi connectivity index (χ0n) is 4.05. The van der Waals surface area contributed by atoms with Crippen LogP contribution in [-0.4, -0.2) is 15.8 Å². The maximum atomic E-state index is 4.86. The van der Waals surface area contributed by atoms with Crippen LogP contribution in [0.1, 0.15) is 6.92 Å². The van der Waals surface area contributed by atoms with Crippen LogP contribution >= 0.6 is 24.8 Å². The van der Waals surface area contributed by atoms with E-state index in [1.54, 1.807) is 15.7 Å². The minimum Gasteiger partial charge on any atom is -0.290 e. The molecule has 4 heteroatoms. The second-order valence-corrected chi connectivity index (χ2v) is 3.00. The average molecular weight is 135 g/mol. The first-order chi connectivity index (χ1) is 3.30. The third kappa shape index (κ3) is 1.25. The Kier molecular flexibility index (Phi) is 1.86. The van der Waals surface area contributed by atoms with Crippen molar-refractivity contribution in [1.29, 1.82) is 0 Å². The lowest BCUT2D eigenvalue weighted by molar-refractivity contribution is 0.516. The van der Waals surface area contributed by atoms with Crippen molar-refractivity contribution in [3.63, 3.8) is 0 Å². The Bertz CT molecular complexity index is 60.0. The minimum absolute atomic E-state index is 0.375. The summed E-state index contributed by atoms with van der Waals surface area (Å²) in [6.45, 7) is 2.05. The van der Waals surface area contributed by atoms with Gasteiger partial charge >= 0.3 is 0 Å². The number of rotatable bonds is 0. The van der Waals surface area contributed by atoms with Gasteiger partial charge in [-0.3, -0.25) is 5.32 Å². The van der Waals surface area contributed by atoms with E-state index in [1.807, 2.05) is 6.92 Å². The van der Waals surface area contributed by atoms with Crippen molar-refractivity contribution >= 4 is 24.8 Å². The molecule has 0 aromatic carbocycles. The summed E-state index contributed by atoms with van der Waals surface area (Å²) in [6.07, 6.45) is 0.375. The molecular formula is C3H7N2S2. The Morgan fingerprint density at radius 3 is 2.86 bits per heavy atom. The smallest absolute Gasteiger partial charge is 0.0792 e. The second-order valence-electron chi connectivity index (χ2n) is 1.44. The topological polar surface area (TPSA) is 15.3 Å². The van der Waals surface area contributed by atoms with Gasteiger partial charge in [0.05, 0.1) is 12.0 Å². The van der Waals surface area contributed by atoms with Crippen molar-refractivity contribution in [2.45, 2.75) is 13.1 Å². The van der Waals surface area contributed by atoms with Crippen LogP contribution in [0.5, 0.6) is 0 Å². The third-order valence-electron chi connectivity index (χ3n) is 0.887. The van der Waals surface area contributed by atoms with Gasteiger partial charge in [-0.2, -0.15) is 3.71 Å².